The molecule has 0 aliphatic heterocycles. The lowest BCUT2D eigenvalue weighted by atomic mass is 9.88. The number of nitrogens with two attached hydrogens (primary N) is 1. The highest BCUT2D eigenvalue weighted by molar-refractivity contribution is 5.80. The number of aryl methyl sites for hydroxylation is 1. The van der Waals surface area contributed by atoms with Crippen molar-refractivity contribution in [2.24, 2.45) is 0 Å². The van der Waals surface area contributed by atoms with E-state index in [4.69, 9.17) is 15.2 Å². The van der Waals surface area contributed by atoms with Crippen molar-refractivity contribution in [1.29, 1.82) is 5.26 Å². The first-order chi connectivity index (χ1) is 14.2. The molecule has 1 heterocycles. The van der Waals surface area contributed by atoms with Gasteiger partial charge in [0, 0.05) is 17.3 Å². The van der Waals surface area contributed by atoms with Crippen LogP contribution in [-0.4, -0.2) is 19.2 Å². The Morgan fingerprint density at radius 1 is 0.862 bits per heavy atom. The first-order valence-corrected chi connectivity index (χ1v) is 10.6. The Bertz CT molecular complexity index is 864. The number of nitriles is 1. The summed E-state index contributed by atoms with van der Waals surface area (Å²) in [6.45, 7) is 0. The second-order valence-electron chi connectivity index (χ2n) is 7.71. The fraction of sp³-hybridized carbons (Fsp3) is 0.500. The molecule has 1 aromatic carbocycles. The fourth-order valence-electron chi connectivity index (χ4n) is 4.21. The minimum Gasteiger partial charge on any atom is -0.497 e. The van der Waals surface area contributed by atoms with Gasteiger partial charge in [0.25, 0.3) is 0 Å². The lowest BCUT2D eigenvalue weighted by Gasteiger charge is -2.19. The maximum atomic E-state index is 9.89. The number of benzene rings is 1. The van der Waals surface area contributed by atoms with Crippen molar-refractivity contribution in [3.63, 3.8) is 0 Å². The zero-order chi connectivity index (χ0) is 20.6. The molecule has 0 unspecified atom stereocenters. The number of anilines is 1. The molecule has 1 aromatic heterocycles. The van der Waals surface area contributed by atoms with Gasteiger partial charge in [-0.25, -0.2) is 4.98 Å². The summed E-state index contributed by atoms with van der Waals surface area (Å²) in [6.07, 6.45) is 11.6. The van der Waals surface area contributed by atoms with Crippen molar-refractivity contribution >= 4 is 5.82 Å². The smallest absolute Gasteiger partial charge is 0.142 e. The summed E-state index contributed by atoms with van der Waals surface area (Å²) in [4.78, 5) is 4.68. The average molecular weight is 394 g/mol. The molecule has 0 atom stereocenters. The third-order valence-electron chi connectivity index (χ3n) is 5.75. The molecule has 0 spiro atoms. The minimum atomic E-state index is 0.315. The number of aromatic nitrogens is 1. The number of nitrogens with zero attached hydrogens (tertiary/aromatic N) is 2. The molecular formula is C24H31N3O2. The third-order valence-corrected chi connectivity index (χ3v) is 5.75. The van der Waals surface area contributed by atoms with Crippen molar-refractivity contribution in [2.75, 3.05) is 20.0 Å². The topological polar surface area (TPSA) is 81.2 Å². The van der Waals surface area contributed by atoms with Gasteiger partial charge in [0.2, 0.25) is 0 Å². The van der Waals surface area contributed by atoms with E-state index in [-0.39, 0.29) is 0 Å². The van der Waals surface area contributed by atoms with E-state index in [0.29, 0.717) is 22.9 Å². The molecule has 0 fully saturated rings. The van der Waals surface area contributed by atoms with Crippen molar-refractivity contribution in [2.45, 2.75) is 64.2 Å². The normalized spacial score (nSPS) is 15.3. The zero-order valence-corrected chi connectivity index (χ0v) is 17.6. The van der Waals surface area contributed by atoms with Gasteiger partial charge in [0.1, 0.15) is 28.9 Å². The van der Waals surface area contributed by atoms with E-state index in [1.54, 1.807) is 14.2 Å². The first-order valence-electron chi connectivity index (χ1n) is 10.6. The quantitative estimate of drug-likeness (QED) is 0.751. The average Bonchev–Trinajstić information content (AvgIpc) is 2.73. The number of pyridine rings is 1. The second kappa shape index (κ2) is 10.2. The molecule has 1 aliphatic carbocycles. The van der Waals surface area contributed by atoms with Crippen LogP contribution in [0.25, 0.3) is 11.1 Å². The van der Waals surface area contributed by atoms with Gasteiger partial charge in [0.15, 0.2) is 0 Å². The van der Waals surface area contributed by atoms with Crippen LogP contribution in [0.15, 0.2) is 18.2 Å². The molecule has 3 rings (SSSR count). The lowest BCUT2D eigenvalue weighted by Crippen LogP contribution is -2.09. The van der Waals surface area contributed by atoms with Gasteiger partial charge in [-0.1, -0.05) is 38.5 Å². The van der Waals surface area contributed by atoms with E-state index in [1.165, 1.54) is 38.5 Å². The number of ether oxygens (including phenoxy) is 2. The molecule has 29 heavy (non-hydrogen) atoms. The molecular weight excluding hydrogens is 362 g/mol. The van der Waals surface area contributed by atoms with E-state index < -0.39 is 0 Å². The highest BCUT2D eigenvalue weighted by Gasteiger charge is 2.21. The summed E-state index contributed by atoms with van der Waals surface area (Å²) in [7, 11) is 3.27. The molecule has 1 aliphatic rings. The van der Waals surface area contributed by atoms with Gasteiger partial charge in [-0.3, -0.25) is 0 Å². The Balaban J connectivity index is 2.17. The van der Waals surface area contributed by atoms with Crippen LogP contribution in [0.4, 0.5) is 5.82 Å². The zero-order valence-electron chi connectivity index (χ0n) is 17.6. The summed E-state index contributed by atoms with van der Waals surface area (Å²) in [6, 6.07) is 8.05. The summed E-state index contributed by atoms with van der Waals surface area (Å²) in [5.41, 5.74) is 10.7. The van der Waals surface area contributed by atoms with Crippen LogP contribution in [0.3, 0.4) is 0 Å². The molecule has 0 radical (unpaired) electrons. The van der Waals surface area contributed by atoms with E-state index in [0.717, 1.165) is 48.1 Å². The van der Waals surface area contributed by atoms with Crippen molar-refractivity contribution in [3.8, 4) is 28.7 Å². The number of hydrogen-bond acceptors (Lipinski definition) is 5. The SMILES string of the molecule is COc1cc(OC)cc(-c2c(C#N)c(N)nc3c2CCCCCCCCCC3)c1. The molecule has 0 amide bonds. The number of methoxy groups -OCH3 is 2. The van der Waals surface area contributed by atoms with E-state index >= 15 is 0 Å². The molecule has 154 valence electrons. The van der Waals surface area contributed by atoms with Gasteiger partial charge in [-0.05, 0) is 48.9 Å². The Kier molecular flexibility index (Phi) is 7.35. The summed E-state index contributed by atoms with van der Waals surface area (Å²) in [5.74, 6) is 1.70. The maximum Gasteiger partial charge on any atom is 0.142 e. The highest BCUT2D eigenvalue weighted by Crippen LogP contribution is 2.38. The van der Waals surface area contributed by atoms with Crippen LogP contribution < -0.4 is 15.2 Å². The largest absolute Gasteiger partial charge is 0.497 e. The predicted molar refractivity (Wildman–Crippen MR) is 116 cm³/mol. The highest BCUT2D eigenvalue weighted by atomic mass is 16.5. The van der Waals surface area contributed by atoms with Crippen LogP contribution in [0.2, 0.25) is 0 Å². The standard InChI is InChI=1S/C24H31N3O2/c1-28-18-13-17(14-19(15-18)29-2)23-20-11-9-7-5-3-4-6-8-10-12-22(20)27-24(26)21(23)16-25/h13-15H,3-12H2,1-2H3,(H2,26,27). The molecule has 5 heteroatoms. The fourth-order valence-corrected chi connectivity index (χ4v) is 4.21. The van der Waals surface area contributed by atoms with Crippen molar-refractivity contribution in [3.05, 3.63) is 35.0 Å². The van der Waals surface area contributed by atoms with E-state index in [9.17, 15) is 5.26 Å². The molecule has 0 bridgehead atoms. The maximum absolute atomic E-state index is 9.89. The van der Waals surface area contributed by atoms with Crippen molar-refractivity contribution in [1.82, 2.24) is 4.98 Å². The summed E-state index contributed by atoms with van der Waals surface area (Å²) in [5, 5.41) is 9.89. The van der Waals surface area contributed by atoms with Crippen LogP contribution in [-0.2, 0) is 12.8 Å². The first kappa shape index (κ1) is 21.0. The second-order valence-corrected chi connectivity index (χ2v) is 7.71. The Labute approximate surface area is 173 Å². The van der Waals surface area contributed by atoms with Crippen LogP contribution in [0, 0.1) is 11.3 Å². The number of nitrogen functional groups attached to an aromatic ring is 1. The van der Waals surface area contributed by atoms with E-state index in [1.807, 2.05) is 18.2 Å². The van der Waals surface area contributed by atoms with Crippen LogP contribution in [0.5, 0.6) is 11.5 Å². The van der Waals surface area contributed by atoms with Crippen LogP contribution in [0.1, 0.15) is 68.2 Å². The molecule has 2 N–H and O–H groups in total. The van der Waals surface area contributed by atoms with Crippen LogP contribution >= 0.6 is 0 Å². The summed E-state index contributed by atoms with van der Waals surface area (Å²) < 4.78 is 10.9. The Morgan fingerprint density at radius 3 is 1.97 bits per heavy atom. The minimum absolute atomic E-state index is 0.315. The molecule has 0 saturated carbocycles. The molecule has 5 nitrogen and oxygen atoms in total. The summed E-state index contributed by atoms with van der Waals surface area (Å²) >= 11 is 0. The van der Waals surface area contributed by atoms with Crippen molar-refractivity contribution < 1.29 is 9.47 Å². The van der Waals surface area contributed by atoms with E-state index in [2.05, 4.69) is 11.1 Å². The monoisotopic (exact) mass is 393 g/mol. The number of fused-ring (bicyclic) bond motifs is 1. The van der Waals surface area contributed by atoms with Gasteiger partial charge < -0.3 is 15.2 Å². The number of rotatable bonds is 3. The third kappa shape index (κ3) is 5.00. The number of hydrogen-bond donors (Lipinski definition) is 1. The van der Waals surface area contributed by atoms with Gasteiger partial charge >= 0.3 is 0 Å². The predicted octanol–water partition coefficient (Wildman–Crippen LogP) is 5.44. The van der Waals surface area contributed by atoms with Gasteiger partial charge in [-0.15, -0.1) is 0 Å². The van der Waals surface area contributed by atoms with Gasteiger partial charge in [0.05, 0.1) is 14.2 Å². The lowest BCUT2D eigenvalue weighted by molar-refractivity contribution is 0.394. The Morgan fingerprint density at radius 2 is 1.41 bits per heavy atom. The molecule has 2 aromatic rings. The van der Waals surface area contributed by atoms with Gasteiger partial charge in [-0.2, -0.15) is 5.26 Å². The Hall–Kier alpha value is -2.74. The molecule has 0 saturated heterocycles.